The number of aromatic nitrogens is 1. The normalized spacial score (nSPS) is 15.2. The molecule has 0 atom stereocenters. The summed E-state index contributed by atoms with van der Waals surface area (Å²) in [4.78, 5) is 21.2. The van der Waals surface area contributed by atoms with Gasteiger partial charge < -0.3 is 4.90 Å². The van der Waals surface area contributed by atoms with Gasteiger partial charge in [-0.15, -0.1) is 11.3 Å². The largest absolute Gasteiger partial charge is 0.308 e. The lowest BCUT2D eigenvalue weighted by atomic mass is 9.97. The lowest BCUT2D eigenvalue weighted by molar-refractivity contribution is -0.120. The van der Waals surface area contributed by atoms with Crippen LogP contribution in [0.5, 0.6) is 0 Å². The summed E-state index contributed by atoms with van der Waals surface area (Å²) in [7, 11) is 0. The summed E-state index contributed by atoms with van der Waals surface area (Å²) < 4.78 is 15.4. The van der Waals surface area contributed by atoms with Crippen LogP contribution in [-0.2, 0) is 4.79 Å². The predicted molar refractivity (Wildman–Crippen MR) is 117 cm³/mol. The molecule has 0 bridgehead atoms. The minimum atomic E-state index is -0.446. The number of amides is 1. The number of halogens is 1. The van der Waals surface area contributed by atoms with Crippen LogP contribution in [0.3, 0.4) is 0 Å². The number of piperidine rings is 1. The second-order valence-electron chi connectivity index (χ2n) is 7.48. The molecule has 2 aromatic carbocycles. The molecular weight excluding hydrogens is 399 g/mol. The SMILES string of the molecule is N#CCCN(C(=O)CN1CCC(c2nc3ccccc3s2)CC1)c1ccccc1F. The topological polar surface area (TPSA) is 60.2 Å². The van der Waals surface area contributed by atoms with Gasteiger partial charge in [-0.1, -0.05) is 24.3 Å². The van der Waals surface area contributed by atoms with Crippen molar-refractivity contribution in [3.05, 3.63) is 59.4 Å². The Hall–Kier alpha value is -2.82. The minimum absolute atomic E-state index is 0.166. The zero-order valence-electron chi connectivity index (χ0n) is 16.6. The maximum atomic E-state index is 14.2. The van der Waals surface area contributed by atoms with Crippen molar-refractivity contribution in [1.29, 1.82) is 5.26 Å². The Kier molecular flexibility index (Phi) is 6.36. The number of anilines is 1. The van der Waals surface area contributed by atoms with Crippen LogP contribution < -0.4 is 4.90 Å². The van der Waals surface area contributed by atoms with Crippen LogP contribution in [0, 0.1) is 17.1 Å². The van der Waals surface area contributed by atoms with E-state index in [0.717, 1.165) is 31.4 Å². The van der Waals surface area contributed by atoms with Gasteiger partial charge in [-0.3, -0.25) is 9.69 Å². The summed E-state index contributed by atoms with van der Waals surface area (Å²) in [5.74, 6) is -0.206. The fourth-order valence-electron chi connectivity index (χ4n) is 3.89. The number of benzene rings is 2. The third-order valence-electron chi connectivity index (χ3n) is 5.50. The van der Waals surface area contributed by atoms with E-state index < -0.39 is 5.82 Å². The van der Waals surface area contributed by atoms with E-state index in [9.17, 15) is 9.18 Å². The van der Waals surface area contributed by atoms with Gasteiger partial charge >= 0.3 is 0 Å². The molecule has 1 amide bonds. The second-order valence-corrected chi connectivity index (χ2v) is 8.54. The van der Waals surface area contributed by atoms with E-state index in [1.54, 1.807) is 29.5 Å². The van der Waals surface area contributed by atoms with Crippen LogP contribution >= 0.6 is 11.3 Å². The molecule has 0 spiro atoms. The van der Waals surface area contributed by atoms with Crippen LogP contribution in [0.2, 0.25) is 0 Å². The molecule has 0 aliphatic carbocycles. The van der Waals surface area contributed by atoms with Gasteiger partial charge in [0.05, 0.1) is 39.9 Å². The van der Waals surface area contributed by atoms with Crippen molar-refractivity contribution < 1.29 is 9.18 Å². The Morgan fingerprint density at radius 1 is 1.20 bits per heavy atom. The van der Waals surface area contributed by atoms with Crippen molar-refractivity contribution in [3.63, 3.8) is 0 Å². The summed E-state index contributed by atoms with van der Waals surface area (Å²) in [6.07, 6.45) is 2.07. The van der Waals surface area contributed by atoms with Gasteiger partial charge in [-0.25, -0.2) is 9.37 Å². The standard InChI is InChI=1S/C23H23FN4OS/c24-18-6-1-3-8-20(18)28(13-5-12-25)22(29)16-27-14-10-17(11-15-27)23-26-19-7-2-4-9-21(19)30-23/h1-4,6-9,17H,5,10-11,13-16H2. The quantitative estimate of drug-likeness (QED) is 0.584. The van der Waals surface area contributed by atoms with Gasteiger partial charge in [0.1, 0.15) is 5.82 Å². The Bertz CT molecular complexity index is 1040. The number of nitrogens with zero attached hydrogens (tertiary/aromatic N) is 4. The molecule has 30 heavy (non-hydrogen) atoms. The zero-order valence-corrected chi connectivity index (χ0v) is 17.4. The first-order valence-electron chi connectivity index (χ1n) is 10.2. The number of rotatable bonds is 6. The van der Waals surface area contributed by atoms with Gasteiger partial charge in [0.2, 0.25) is 5.91 Å². The van der Waals surface area contributed by atoms with Gasteiger partial charge in [0.15, 0.2) is 0 Å². The van der Waals surface area contributed by atoms with Crippen molar-refractivity contribution in [2.45, 2.75) is 25.2 Å². The third kappa shape index (κ3) is 4.50. The summed E-state index contributed by atoms with van der Waals surface area (Å²) >= 11 is 1.75. The fraction of sp³-hybridized carbons (Fsp3) is 0.348. The number of thiazole rings is 1. The highest BCUT2D eigenvalue weighted by Crippen LogP contribution is 2.33. The highest BCUT2D eigenvalue weighted by molar-refractivity contribution is 7.18. The molecule has 3 aromatic rings. The number of fused-ring (bicyclic) bond motifs is 1. The van der Waals surface area contributed by atoms with Gasteiger partial charge in [0, 0.05) is 12.5 Å². The van der Waals surface area contributed by atoms with Crippen molar-refractivity contribution >= 4 is 33.1 Å². The van der Waals surface area contributed by atoms with Crippen molar-refractivity contribution in [1.82, 2.24) is 9.88 Å². The molecule has 154 valence electrons. The average molecular weight is 423 g/mol. The molecular formula is C23H23FN4OS. The van der Waals surface area contributed by atoms with Crippen LogP contribution in [-0.4, -0.2) is 42.0 Å². The molecule has 1 aliphatic heterocycles. The smallest absolute Gasteiger partial charge is 0.241 e. The third-order valence-corrected chi connectivity index (χ3v) is 6.70. The maximum Gasteiger partial charge on any atom is 0.241 e. The minimum Gasteiger partial charge on any atom is -0.308 e. The Labute approximate surface area is 179 Å². The average Bonchev–Trinajstić information content (AvgIpc) is 3.20. The van der Waals surface area contributed by atoms with Gasteiger partial charge in [0.25, 0.3) is 0 Å². The lowest BCUT2D eigenvalue weighted by Gasteiger charge is -2.32. The lowest BCUT2D eigenvalue weighted by Crippen LogP contribution is -2.44. The summed E-state index contributed by atoms with van der Waals surface area (Å²) in [5, 5.41) is 10.1. The number of para-hydroxylation sites is 2. The second kappa shape index (κ2) is 9.33. The summed E-state index contributed by atoms with van der Waals surface area (Å²) in [6.45, 7) is 2.02. The van der Waals surface area contributed by atoms with E-state index in [4.69, 9.17) is 10.2 Å². The monoisotopic (exact) mass is 422 g/mol. The first kappa shape index (κ1) is 20.5. The molecule has 2 heterocycles. The number of nitriles is 1. The molecule has 0 radical (unpaired) electrons. The molecule has 1 aliphatic rings. The Morgan fingerprint density at radius 2 is 1.93 bits per heavy atom. The van der Waals surface area contributed by atoms with Crippen molar-refractivity contribution in [2.75, 3.05) is 31.1 Å². The number of hydrogen-bond acceptors (Lipinski definition) is 5. The molecule has 4 rings (SSSR count). The molecule has 1 fully saturated rings. The van der Waals surface area contributed by atoms with E-state index in [1.165, 1.54) is 20.7 Å². The van der Waals surface area contributed by atoms with E-state index in [1.807, 2.05) is 24.3 Å². The van der Waals surface area contributed by atoms with Crippen molar-refractivity contribution in [2.24, 2.45) is 0 Å². The van der Waals surface area contributed by atoms with Gasteiger partial charge in [-0.05, 0) is 50.2 Å². The van der Waals surface area contributed by atoms with Crippen LogP contribution in [0.15, 0.2) is 48.5 Å². The summed E-state index contributed by atoms with van der Waals surface area (Å²) in [6, 6.07) is 16.5. The van der Waals surface area contributed by atoms with Crippen LogP contribution in [0.1, 0.15) is 30.2 Å². The van der Waals surface area contributed by atoms with Gasteiger partial charge in [-0.2, -0.15) is 5.26 Å². The number of carbonyl (C=O) groups excluding carboxylic acids is 1. The fourth-order valence-corrected chi connectivity index (χ4v) is 5.03. The Morgan fingerprint density at radius 3 is 2.67 bits per heavy atom. The molecule has 0 unspecified atom stereocenters. The molecule has 7 heteroatoms. The van der Waals surface area contributed by atoms with E-state index >= 15 is 0 Å². The predicted octanol–water partition coefficient (Wildman–Crippen LogP) is 4.56. The first-order valence-corrected chi connectivity index (χ1v) is 11.0. The van der Waals surface area contributed by atoms with Crippen molar-refractivity contribution in [3.8, 4) is 6.07 Å². The highest BCUT2D eigenvalue weighted by Gasteiger charge is 2.26. The van der Waals surface area contributed by atoms with E-state index in [2.05, 4.69) is 11.0 Å². The number of likely N-dealkylation sites (tertiary alicyclic amines) is 1. The highest BCUT2D eigenvalue weighted by atomic mass is 32.1. The Balaban J connectivity index is 1.39. The summed E-state index contributed by atoms with van der Waals surface area (Å²) in [5.41, 5.74) is 1.29. The van der Waals surface area contributed by atoms with E-state index in [-0.39, 0.29) is 31.1 Å². The molecule has 5 nitrogen and oxygen atoms in total. The molecule has 1 aromatic heterocycles. The molecule has 1 saturated heterocycles. The van der Waals surface area contributed by atoms with Crippen LogP contribution in [0.4, 0.5) is 10.1 Å². The number of hydrogen-bond donors (Lipinski definition) is 0. The van der Waals surface area contributed by atoms with Crippen LogP contribution in [0.25, 0.3) is 10.2 Å². The first-order chi connectivity index (χ1) is 14.7. The van der Waals surface area contributed by atoms with E-state index in [0.29, 0.717) is 5.92 Å². The maximum absolute atomic E-state index is 14.2. The molecule has 0 N–H and O–H groups in total. The zero-order chi connectivity index (χ0) is 20.9. The molecule has 0 saturated carbocycles. The number of carbonyl (C=O) groups is 1.